The van der Waals surface area contributed by atoms with Crippen LogP contribution in [0.25, 0.3) is 0 Å². The number of ether oxygens (including phenoxy) is 1. The van der Waals surface area contributed by atoms with Gasteiger partial charge in [0, 0.05) is 6.42 Å². The van der Waals surface area contributed by atoms with E-state index in [2.05, 4.69) is 38.2 Å². The lowest BCUT2D eigenvalue weighted by Gasteiger charge is -2.24. The fourth-order valence-corrected chi connectivity index (χ4v) is 8.65. The molecule has 0 spiro atoms. The van der Waals surface area contributed by atoms with Gasteiger partial charge in [0.1, 0.15) is 6.10 Å². The van der Waals surface area contributed by atoms with Crippen molar-refractivity contribution in [3.8, 4) is 0 Å². The van der Waals surface area contributed by atoms with Gasteiger partial charge in [-0.1, -0.05) is 299 Å². The number of carbonyl (C=O) groups excluding carboxylic acids is 2. The zero-order chi connectivity index (χ0) is 48.8. The van der Waals surface area contributed by atoms with Crippen LogP contribution >= 0.6 is 0 Å². The number of amides is 1. The average molecular weight is 937 g/mol. The fraction of sp³-hybridized carbons (Fsp3) is 0.770. The molecule has 1 amide bonds. The minimum absolute atomic E-state index is 0.0268. The number of unbranched alkanes of at least 4 members (excludes halogenated alkanes) is 32. The Balaban J connectivity index is 4.63. The van der Waals surface area contributed by atoms with E-state index in [9.17, 15) is 19.8 Å². The smallest absolute Gasteiger partial charge is 0.306 e. The molecule has 3 atom stereocenters. The summed E-state index contributed by atoms with van der Waals surface area (Å²) < 4.78 is 5.92. The third kappa shape index (κ3) is 49.5. The molecule has 0 aromatic rings. The Hall–Kier alpha value is -2.70. The van der Waals surface area contributed by atoms with Crippen LogP contribution in [0.2, 0.25) is 0 Å². The van der Waals surface area contributed by atoms with Crippen molar-refractivity contribution in [2.24, 2.45) is 0 Å². The van der Waals surface area contributed by atoms with E-state index in [1.807, 2.05) is 60.8 Å². The highest BCUT2D eigenvalue weighted by molar-refractivity contribution is 5.77. The van der Waals surface area contributed by atoms with Crippen LogP contribution < -0.4 is 5.32 Å². The van der Waals surface area contributed by atoms with Crippen molar-refractivity contribution in [3.05, 3.63) is 72.9 Å². The van der Waals surface area contributed by atoms with Gasteiger partial charge in [-0.2, -0.15) is 0 Å². The van der Waals surface area contributed by atoms with Crippen LogP contribution in [0, 0.1) is 0 Å². The monoisotopic (exact) mass is 936 g/mol. The predicted molar refractivity (Wildman–Crippen MR) is 291 cm³/mol. The molecule has 0 heterocycles. The number of hydrogen-bond donors (Lipinski definition) is 3. The van der Waals surface area contributed by atoms with Gasteiger partial charge in [-0.25, -0.2) is 0 Å². The Morgan fingerprint density at radius 1 is 0.448 bits per heavy atom. The Morgan fingerprint density at radius 2 is 0.806 bits per heavy atom. The van der Waals surface area contributed by atoms with Crippen LogP contribution in [0.1, 0.15) is 278 Å². The summed E-state index contributed by atoms with van der Waals surface area (Å²) in [6.45, 7) is 6.35. The van der Waals surface area contributed by atoms with E-state index in [1.54, 1.807) is 0 Å². The van der Waals surface area contributed by atoms with Gasteiger partial charge in [-0.3, -0.25) is 9.59 Å². The quantitative estimate of drug-likeness (QED) is 0.0321. The highest BCUT2D eigenvalue weighted by Gasteiger charge is 2.24. The first-order valence-corrected chi connectivity index (χ1v) is 28.7. The number of esters is 1. The van der Waals surface area contributed by atoms with Crippen molar-refractivity contribution >= 4 is 11.9 Å². The number of allylic oxidation sites excluding steroid dienone is 12. The molecule has 0 saturated heterocycles. The third-order valence-corrected chi connectivity index (χ3v) is 13.0. The minimum atomic E-state index is -0.810. The molecule has 0 aliphatic rings. The van der Waals surface area contributed by atoms with Gasteiger partial charge < -0.3 is 20.3 Å². The highest BCUT2D eigenvalue weighted by Crippen LogP contribution is 2.18. The summed E-state index contributed by atoms with van der Waals surface area (Å²) in [5.41, 5.74) is 0. The van der Waals surface area contributed by atoms with Gasteiger partial charge in [-0.15, -0.1) is 0 Å². The lowest BCUT2D eigenvalue weighted by atomic mass is 10.0. The summed E-state index contributed by atoms with van der Waals surface area (Å²) >= 11 is 0. The molecule has 0 aliphatic heterocycles. The number of aliphatic hydroxyl groups excluding tert-OH is 2. The lowest BCUT2D eigenvalue weighted by molar-refractivity contribution is -0.151. The molecule has 0 rings (SSSR count). The van der Waals surface area contributed by atoms with Crippen LogP contribution in [-0.4, -0.2) is 46.9 Å². The van der Waals surface area contributed by atoms with E-state index in [0.29, 0.717) is 19.3 Å². The van der Waals surface area contributed by atoms with Crippen molar-refractivity contribution in [2.45, 2.75) is 296 Å². The molecule has 6 nitrogen and oxygen atoms in total. The molecule has 67 heavy (non-hydrogen) atoms. The number of nitrogens with one attached hydrogen (secondary N) is 1. The molecule has 0 aliphatic carbocycles. The molecular formula is C61H109NO5. The average Bonchev–Trinajstić information content (AvgIpc) is 3.32. The SMILES string of the molecule is CC\C=C/C=C/C=C/C=C\C=C\C=C\CCCC(CC(=O)NC(CO)C(O)CCCCCCCCCCCCCCCCC)OC(=O)CCCCCCCCCCCCCCCCCCCC. The van der Waals surface area contributed by atoms with Crippen LogP contribution in [-0.2, 0) is 14.3 Å². The van der Waals surface area contributed by atoms with E-state index < -0.39 is 18.2 Å². The second kappa shape index (κ2) is 54.2. The maximum atomic E-state index is 13.3. The Morgan fingerprint density at radius 3 is 1.19 bits per heavy atom. The van der Waals surface area contributed by atoms with Crippen molar-refractivity contribution in [1.82, 2.24) is 5.32 Å². The summed E-state index contributed by atoms with van der Waals surface area (Å²) in [4.78, 5) is 26.2. The molecule has 0 bridgehead atoms. The van der Waals surface area contributed by atoms with Crippen LogP contribution in [0.5, 0.6) is 0 Å². The Kier molecular flexibility index (Phi) is 52.1. The lowest BCUT2D eigenvalue weighted by Crippen LogP contribution is -2.46. The maximum absolute atomic E-state index is 13.3. The number of carbonyl (C=O) groups is 2. The van der Waals surface area contributed by atoms with E-state index in [1.165, 1.54) is 173 Å². The summed E-state index contributed by atoms with van der Waals surface area (Å²) in [5, 5.41) is 23.8. The van der Waals surface area contributed by atoms with Crippen molar-refractivity contribution in [1.29, 1.82) is 0 Å². The van der Waals surface area contributed by atoms with E-state index in [0.717, 1.165) is 57.8 Å². The molecular weight excluding hydrogens is 827 g/mol. The molecule has 0 aromatic heterocycles. The first kappa shape index (κ1) is 64.3. The molecule has 0 fully saturated rings. The minimum Gasteiger partial charge on any atom is -0.462 e. The Bertz CT molecular complexity index is 1230. The van der Waals surface area contributed by atoms with Gasteiger partial charge in [0.15, 0.2) is 0 Å². The summed E-state index contributed by atoms with van der Waals surface area (Å²) in [5.74, 6) is -0.541. The van der Waals surface area contributed by atoms with Crippen LogP contribution in [0.4, 0.5) is 0 Å². The van der Waals surface area contributed by atoms with Crippen molar-refractivity contribution in [2.75, 3.05) is 6.61 Å². The topological polar surface area (TPSA) is 95.9 Å². The van der Waals surface area contributed by atoms with Crippen molar-refractivity contribution < 1.29 is 24.5 Å². The van der Waals surface area contributed by atoms with Crippen LogP contribution in [0.15, 0.2) is 72.9 Å². The maximum Gasteiger partial charge on any atom is 0.306 e. The molecule has 0 aromatic carbocycles. The fourth-order valence-electron chi connectivity index (χ4n) is 8.65. The van der Waals surface area contributed by atoms with E-state index in [4.69, 9.17) is 4.74 Å². The normalized spacial score (nSPS) is 13.7. The number of hydrogen-bond acceptors (Lipinski definition) is 5. The molecule has 3 N–H and O–H groups in total. The summed E-state index contributed by atoms with van der Waals surface area (Å²) in [7, 11) is 0. The van der Waals surface area contributed by atoms with Gasteiger partial charge >= 0.3 is 5.97 Å². The second-order valence-electron chi connectivity index (χ2n) is 19.5. The number of aliphatic hydroxyl groups is 2. The first-order chi connectivity index (χ1) is 33.0. The zero-order valence-corrected chi connectivity index (χ0v) is 44.3. The highest BCUT2D eigenvalue weighted by atomic mass is 16.5. The standard InChI is InChI=1S/C61H109NO5/c1-4-7-10-13-16-19-22-25-28-29-30-33-36-39-42-45-48-51-54-61(66)67-57(52-49-46-43-40-37-34-31-26-23-20-17-14-11-8-5-2)55-60(65)62-58(56-63)59(64)53-50-47-44-41-38-35-32-27-24-21-18-15-12-9-6-3/h8,11,14,17,20,23,26,31,34,37,40,43,57-59,63-64H,4-7,9-10,12-13,15-16,18-19,21-22,24-25,27-30,32-33,35-36,38-39,41-42,44-56H2,1-3H3,(H,62,65)/b11-8-,17-14+,23-20+,31-26-,37-34+,43-40+. The molecule has 3 unspecified atom stereocenters. The first-order valence-electron chi connectivity index (χ1n) is 28.7. The number of rotatable bonds is 51. The summed E-state index contributed by atoms with van der Waals surface area (Å²) in [6, 6.07) is -0.728. The van der Waals surface area contributed by atoms with Gasteiger partial charge in [0.2, 0.25) is 5.91 Å². The zero-order valence-electron chi connectivity index (χ0n) is 44.3. The van der Waals surface area contributed by atoms with Gasteiger partial charge in [-0.05, 0) is 38.5 Å². The molecule has 0 radical (unpaired) electrons. The largest absolute Gasteiger partial charge is 0.462 e. The van der Waals surface area contributed by atoms with Gasteiger partial charge in [0.25, 0.3) is 0 Å². The van der Waals surface area contributed by atoms with E-state index >= 15 is 0 Å². The van der Waals surface area contributed by atoms with Crippen molar-refractivity contribution in [3.63, 3.8) is 0 Å². The molecule has 388 valence electrons. The van der Waals surface area contributed by atoms with Crippen LogP contribution in [0.3, 0.4) is 0 Å². The second-order valence-corrected chi connectivity index (χ2v) is 19.5. The van der Waals surface area contributed by atoms with E-state index in [-0.39, 0.29) is 24.9 Å². The van der Waals surface area contributed by atoms with Gasteiger partial charge in [0.05, 0.1) is 25.2 Å². The summed E-state index contributed by atoms with van der Waals surface area (Å²) in [6.07, 6.45) is 69.7. The molecule has 6 heteroatoms. The third-order valence-electron chi connectivity index (χ3n) is 13.0. The Labute approximate surface area is 415 Å². The molecule has 0 saturated carbocycles. The predicted octanol–water partition coefficient (Wildman–Crippen LogP) is 17.7.